The number of anilines is 1. The maximum absolute atomic E-state index is 12.7. The van der Waals surface area contributed by atoms with Crippen molar-refractivity contribution < 1.29 is 19.4 Å². The second-order valence-electron chi connectivity index (χ2n) is 6.22. The molecule has 0 spiro atoms. The summed E-state index contributed by atoms with van der Waals surface area (Å²) in [5.41, 5.74) is 4.17. The van der Waals surface area contributed by atoms with E-state index in [0.29, 0.717) is 27.0 Å². The van der Waals surface area contributed by atoms with Crippen molar-refractivity contribution >= 4 is 39.6 Å². The van der Waals surface area contributed by atoms with Gasteiger partial charge in [0.2, 0.25) is 0 Å². The fraction of sp³-hybridized carbons (Fsp3) is 0.0909. The summed E-state index contributed by atoms with van der Waals surface area (Å²) in [4.78, 5) is 29.0. The van der Waals surface area contributed by atoms with E-state index in [1.165, 1.54) is 18.6 Å². The molecule has 1 heterocycles. The van der Waals surface area contributed by atoms with Crippen molar-refractivity contribution in [3.8, 4) is 5.75 Å². The Hall–Kier alpha value is -3.56. The summed E-state index contributed by atoms with van der Waals surface area (Å²) in [6.07, 6.45) is 4.50. The maximum atomic E-state index is 12.7. The van der Waals surface area contributed by atoms with Gasteiger partial charge < -0.3 is 15.2 Å². The molecular formula is C22H19BrN4O4. The molecule has 0 saturated heterocycles. The van der Waals surface area contributed by atoms with Gasteiger partial charge in [-0.15, -0.1) is 0 Å². The third kappa shape index (κ3) is 6.46. The number of rotatable bonds is 8. The predicted molar refractivity (Wildman–Crippen MR) is 120 cm³/mol. The molecule has 31 heavy (non-hydrogen) atoms. The van der Waals surface area contributed by atoms with E-state index < -0.39 is 5.91 Å². The number of hydrogen-bond donors (Lipinski definition) is 3. The molecule has 0 aliphatic carbocycles. The molecule has 0 aliphatic rings. The number of halogens is 1. The number of ether oxygens (including phenoxy) is 1. The van der Waals surface area contributed by atoms with Gasteiger partial charge in [0.25, 0.3) is 11.8 Å². The van der Waals surface area contributed by atoms with Gasteiger partial charge in [-0.2, -0.15) is 5.10 Å². The average molecular weight is 483 g/mol. The van der Waals surface area contributed by atoms with E-state index in [4.69, 9.17) is 9.84 Å². The van der Waals surface area contributed by atoms with E-state index >= 15 is 0 Å². The zero-order valence-corrected chi connectivity index (χ0v) is 17.9. The maximum Gasteiger partial charge on any atom is 0.273 e. The molecular weight excluding hydrogens is 464 g/mol. The molecule has 0 atom stereocenters. The Kier molecular flexibility index (Phi) is 7.85. The largest absolute Gasteiger partial charge is 0.491 e. The lowest BCUT2D eigenvalue weighted by molar-refractivity contribution is 0.0956. The first kappa shape index (κ1) is 22.1. The normalized spacial score (nSPS) is 10.6. The van der Waals surface area contributed by atoms with Gasteiger partial charge in [-0.25, -0.2) is 5.43 Å². The third-order valence-corrected chi connectivity index (χ3v) is 4.51. The molecule has 2 amide bonds. The summed E-state index contributed by atoms with van der Waals surface area (Å²) in [6, 6.07) is 15.2. The van der Waals surface area contributed by atoms with Crippen LogP contribution in [0.1, 0.15) is 26.3 Å². The van der Waals surface area contributed by atoms with Crippen molar-refractivity contribution in [1.29, 1.82) is 0 Å². The highest BCUT2D eigenvalue weighted by atomic mass is 79.9. The van der Waals surface area contributed by atoms with Gasteiger partial charge in [0.15, 0.2) is 0 Å². The molecule has 0 aliphatic heterocycles. The predicted octanol–water partition coefficient (Wildman–Crippen LogP) is 3.23. The SMILES string of the molecule is O=C(Nc1ccc(Br)cc1C(=O)N/N=C\c1cccc(OCCO)c1)c1ccncc1. The zero-order valence-electron chi connectivity index (χ0n) is 16.3. The molecule has 0 unspecified atom stereocenters. The first-order valence-corrected chi connectivity index (χ1v) is 10.0. The lowest BCUT2D eigenvalue weighted by Crippen LogP contribution is -2.21. The molecule has 3 aromatic rings. The lowest BCUT2D eigenvalue weighted by atomic mass is 10.1. The van der Waals surface area contributed by atoms with Crippen molar-refractivity contribution in [1.82, 2.24) is 10.4 Å². The van der Waals surface area contributed by atoms with E-state index in [1.807, 2.05) is 0 Å². The molecule has 0 radical (unpaired) electrons. The summed E-state index contributed by atoms with van der Waals surface area (Å²) < 4.78 is 6.02. The Balaban J connectivity index is 1.71. The first-order valence-electron chi connectivity index (χ1n) is 9.25. The molecule has 0 saturated carbocycles. The average Bonchev–Trinajstić information content (AvgIpc) is 2.79. The van der Waals surface area contributed by atoms with E-state index in [-0.39, 0.29) is 24.7 Å². The highest BCUT2D eigenvalue weighted by molar-refractivity contribution is 9.10. The molecule has 9 heteroatoms. The minimum atomic E-state index is -0.490. The monoisotopic (exact) mass is 482 g/mol. The number of carbonyl (C=O) groups excluding carboxylic acids is 2. The van der Waals surface area contributed by atoms with E-state index in [2.05, 4.69) is 36.8 Å². The van der Waals surface area contributed by atoms with Crippen LogP contribution in [0.25, 0.3) is 0 Å². The number of benzene rings is 2. The minimum absolute atomic E-state index is 0.0823. The van der Waals surface area contributed by atoms with Gasteiger partial charge in [0, 0.05) is 22.4 Å². The van der Waals surface area contributed by atoms with Gasteiger partial charge >= 0.3 is 0 Å². The minimum Gasteiger partial charge on any atom is -0.491 e. The van der Waals surface area contributed by atoms with Gasteiger partial charge in [0.05, 0.1) is 24.1 Å². The first-order chi connectivity index (χ1) is 15.1. The summed E-state index contributed by atoms with van der Waals surface area (Å²) in [7, 11) is 0. The highest BCUT2D eigenvalue weighted by Crippen LogP contribution is 2.22. The fourth-order valence-electron chi connectivity index (χ4n) is 2.58. The molecule has 1 aromatic heterocycles. The number of hydrazone groups is 1. The second kappa shape index (κ2) is 11.0. The Labute approximate surface area is 187 Å². The number of aliphatic hydroxyl groups excluding tert-OH is 1. The Morgan fingerprint density at radius 1 is 1.10 bits per heavy atom. The Morgan fingerprint density at radius 2 is 1.90 bits per heavy atom. The van der Waals surface area contributed by atoms with Crippen LogP contribution in [0, 0.1) is 0 Å². The van der Waals surface area contributed by atoms with E-state index in [9.17, 15) is 9.59 Å². The van der Waals surface area contributed by atoms with Gasteiger partial charge in [0.1, 0.15) is 12.4 Å². The van der Waals surface area contributed by atoms with Crippen molar-refractivity contribution in [2.45, 2.75) is 0 Å². The van der Waals surface area contributed by atoms with Crippen molar-refractivity contribution in [3.63, 3.8) is 0 Å². The number of nitrogens with zero attached hydrogens (tertiary/aromatic N) is 2. The number of carbonyl (C=O) groups is 2. The summed E-state index contributed by atoms with van der Waals surface area (Å²) in [5, 5.41) is 15.6. The van der Waals surface area contributed by atoms with Crippen LogP contribution in [0.2, 0.25) is 0 Å². The summed E-state index contributed by atoms with van der Waals surface area (Å²) in [6.45, 7) is 0.106. The van der Waals surface area contributed by atoms with Crippen LogP contribution in [0.5, 0.6) is 5.75 Å². The lowest BCUT2D eigenvalue weighted by Gasteiger charge is -2.11. The van der Waals surface area contributed by atoms with Crippen molar-refractivity contribution in [2.24, 2.45) is 5.10 Å². The second-order valence-corrected chi connectivity index (χ2v) is 7.14. The molecule has 3 rings (SSSR count). The van der Waals surface area contributed by atoms with E-state index in [1.54, 1.807) is 54.6 Å². The standard InChI is InChI=1S/C22H19BrN4O4/c23-17-4-5-20(26-21(29)16-6-8-24-9-7-16)19(13-17)22(30)27-25-14-15-2-1-3-18(12-15)31-11-10-28/h1-9,12-14,28H,10-11H2,(H,26,29)(H,27,30)/b25-14-. The van der Waals surface area contributed by atoms with Gasteiger partial charge in [-0.3, -0.25) is 14.6 Å². The van der Waals surface area contributed by atoms with Crippen molar-refractivity contribution in [2.75, 3.05) is 18.5 Å². The number of aromatic nitrogens is 1. The number of amides is 2. The van der Waals surface area contributed by atoms with Crippen LogP contribution in [0.4, 0.5) is 5.69 Å². The van der Waals surface area contributed by atoms with E-state index in [0.717, 1.165) is 0 Å². The van der Waals surface area contributed by atoms with Crippen LogP contribution in [-0.4, -0.2) is 41.3 Å². The Bertz CT molecular complexity index is 1090. The smallest absolute Gasteiger partial charge is 0.273 e. The third-order valence-electron chi connectivity index (χ3n) is 4.01. The molecule has 158 valence electrons. The number of pyridine rings is 1. The summed E-state index contributed by atoms with van der Waals surface area (Å²) in [5.74, 6) is -0.269. The highest BCUT2D eigenvalue weighted by Gasteiger charge is 2.15. The fourth-order valence-corrected chi connectivity index (χ4v) is 2.95. The Morgan fingerprint density at radius 3 is 2.68 bits per heavy atom. The number of aliphatic hydroxyl groups is 1. The van der Waals surface area contributed by atoms with Crippen LogP contribution >= 0.6 is 15.9 Å². The van der Waals surface area contributed by atoms with Crippen molar-refractivity contribution in [3.05, 3.63) is 88.2 Å². The summed E-state index contributed by atoms with van der Waals surface area (Å²) >= 11 is 3.34. The molecule has 2 aromatic carbocycles. The molecule has 0 fully saturated rings. The van der Waals surface area contributed by atoms with Gasteiger partial charge in [-0.1, -0.05) is 28.1 Å². The van der Waals surface area contributed by atoms with Crippen LogP contribution in [0.15, 0.2) is 76.6 Å². The van der Waals surface area contributed by atoms with Crippen LogP contribution in [0.3, 0.4) is 0 Å². The topological polar surface area (TPSA) is 113 Å². The number of hydrogen-bond acceptors (Lipinski definition) is 6. The van der Waals surface area contributed by atoms with Gasteiger partial charge in [-0.05, 0) is 48.0 Å². The van der Waals surface area contributed by atoms with Crippen LogP contribution < -0.4 is 15.5 Å². The molecule has 8 nitrogen and oxygen atoms in total. The quantitative estimate of drug-likeness (QED) is 0.337. The zero-order chi connectivity index (χ0) is 22.1. The molecule has 3 N–H and O–H groups in total. The van der Waals surface area contributed by atoms with Crippen LogP contribution in [-0.2, 0) is 0 Å². The molecule has 0 bridgehead atoms. The number of nitrogens with one attached hydrogen (secondary N) is 2.